The zero-order valence-electron chi connectivity index (χ0n) is 6.97. The summed E-state index contributed by atoms with van der Waals surface area (Å²) in [4.78, 5) is 0. The van der Waals surface area contributed by atoms with Crippen molar-refractivity contribution in [2.45, 2.75) is 31.9 Å². The lowest BCUT2D eigenvalue weighted by Gasteiger charge is -2.07. The molecular weight excluding hydrogens is 144 g/mol. The molecule has 0 aliphatic heterocycles. The molecule has 0 aromatic rings. The smallest absolute Gasteiger partial charge is 0.0771 e. The lowest BCUT2D eigenvalue weighted by molar-refractivity contribution is 0.0354. The normalized spacial score (nSPS) is 13.8. The standard InChI is InChI=1S/C7H18O2Si/c1-2-7(8)6-9-4-3-5-10/h7-8H,2-6H2,1,10H3. The van der Waals surface area contributed by atoms with Gasteiger partial charge in [0, 0.05) is 16.8 Å². The van der Waals surface area contributed by atoms with Gasteiger partial charge in [0.25, 0.3) is 0 Å². The average molecular weight is 162 g/mol. The van der Waals surface area contributed by atoms with Crippen LogP contribution in [0.15, 0.2) is 0 Å². The Hall–Kier alpha value is 0.137. The highest BCUT2D eigenvalue weighted by molar-refractivity contribution is 6.08. The molecule has 1 atom stereocenters. The van der Waals surface area contributed by atoms with E-state index in [0.29, 0.717) is 6.61 Å². The van der Waals surface area contributed by atoms with Gasteiger partial charge in [0.15, 0.2) is 0 Å². The summed E-state index contributed by atoms with van der Waals surface area (Å²) in [5.41, 5.74) is 0. The van der Waals surface area contributed by atoms with E-state index in [2.05, 4.69) is 0 Å². The third-order valence-corrected chi connectivity index (χ3v) is 2.13. The van der Waals surface area contributed by atoms with Gasteiger partial charge in [0.2, 0.25) is 0 Å². The van der Waals surface area contributed by atoms with Gasteiger partial charge in [-0.15, -0.1) is 0 Å². The Morgan fingerprint density at radius 3 is 2.80 bits per heavy atom. The second-order valence-corrected chi connectivity index (χ2v) is 3.49. The highest BCUT2D eigenvalue weighted by atomic mass is 28.1. The molecule has 0 fully saturated rings. The third-order valence-electron chi connectivity index (χ3n) is 1.42. The number of rotatable bonds is 6. The molecule has 0 radical (unpaired) electrons. The second kappa shape index (κ2) is 7.25. The molecule has 0 rings (SSSR count). The van der Waals surface area contributed by atoms with E-state index in [0.717, 1.165) is 19.4 Å². The van der Waals surface area contributed by atoms with Crippen molar-refractivity contribution < 1.29 is 9.84 Å². The van der Waals surface area contributed by atoms with Crippen LogP contribution in [0.1, 0.15) is 19.8 Å². The quantitative estimate of drug-likeness (QED) is 0.438. The van der Waals surface area contributed by atoms with Crippen molar-refractivity contribution in [1.29, 1.82) is 0 Å². The summed E-state index contributed by atoms with van der Waals surface area (Å²) < 4.78 is 5.20. The Balaban J connectivity index is 2.89. The fourth-order valence-corrected chi connectivity index (χ4v) is 0.872. The summed E-state index contributed by atoms with van der Waals surface area (Å²) >= 11 is 0. The number of aliphatic hydroxyl groups excluding tert-OH is 1. The molecule has 0 aliphatic rings. The molecule has 0 aliphatic carbocycles. The van der Waals surface area contributed by atoms with Gasteiger partial charge in [0.1, 0.15) is 0 Å². The first-order valence-electron chi connectivity index (χ1n) is 4.07. The van der Waals surface area contributed by atoms with Crippen LogP contribution in [0.5, 0.6) is 0 Å². The number of ether oxygens (including phenoxy) is 1. The molecule has 0 saturated heterocycles. The second-order valence-electron chi connectivity index (χ2n) is 2.49. The van der Waals surface area contributed by atoms with Crippen LogP contribution in [-0.2, 0) is 4.74 Å². The molecular formula is C7H18O2Si. The predicted molar refractivity (Wildman–Crippen MR) is 46.5 cm³/mol. The maximum Gasteiger partial charge on any atom is 0.0771 e. The molecule has 0 bridgehead atoms. The van der Waals surface area contributed by atoms with E-state index in [1.807, 2.05) is 6.92 Å². The van der Waals surface area contributed by atoms with E-state index in [-0.39, 0.29) is 6.10 Å². The summed E-state index contributed by atoms with van der Waals surface area (Å²) in [5.74, 6) is 0. The Kier molecular flexibility index (Phi) is 7.35. The minimum Gasteiger partial charge on any atom is -0.391 e. The first-order chi connectivity index (χ1) is 4.81. The summed E-state index contributed by atoms with van der Waals surface area (Å²) in [7, 11) is 1.26. The molecule has 62 valence electrons. The van der Waals surface area contributed by atoms with Crippen molar-refractivity contribution in [3.05, 3.63) is 0 Å². The minimum atomic E-state index is -0.255. The molecule has 3 heteroatoms. The molecule has 0 aromatic heterocycles. The van der Waals surface area contributed by atoms with Crippen molar-refractivity contribution in [2.24, 2.45) is 0 Å². The Labute approximate surface area is 66.0 Å². The zero-order chi connectivity index (χ0) is 7.82. The maximum absolute atomic E-state index is 9.04. The first kappa shape index (κ1) is 10.1. The largest absolute Gasteiger partial charge is 0.391 e. The van der Waals surface area contributed by atoms with Crippen LogP contribution in [-0.4, -0.2) is 34.7 Å². The highest BCUT2D eigenvalue weighted by Crippen LogP contribution is 1.92. The van der Waals surface area contributed by atoms with E-state index >= 15 is 0 Å². The Morgan fingerprint density at radius 1 is 1.60 bits per heavy atom. The molecule has 1 N–H and O–H groups in total. The molecule has 2 nitrogen and oxygen atoms in total. The van der Waals surface area contributed by atoms with Gasteiger partial charge >= 0.3 is 0 Å². The zero-order valence-corrected chi connectivity index (χ0v) is 8.97. The minimum absolute atomic E-state index is 0.255. The lowest BCUT2D eigenvalue weighted by Crippen LogP contribution is -2.14. The molecule has 0 spiro atoms. The fourth-order valence-electron chi connectivity index (χ4n) is 0.584. The Bertz CT molecular complexity index is 68.6. The van der Waals surface area contributed by atoms with E-state index < -0.39 is 0 Å². The highest BCUT2D eigenvalue weighted by Gasteiger charge is 1.98. The van der Waals surface area contributed by atoms with Crippen molar-refractivity contribution >= 4 is 10.2 Å². The number of hydrogen-bond acceptors (Lipinski definition) is 2. The van der Waals surface area contributed by atoms with Crippen LogP contribution >= 0.6 is 0 Å². The topological polar surface area (TPSA) is 29.5 Å². The van der Waals surface area contributed by atoms with E-state index in [4.69, 9.17) is 9.84 Å². The maximum atomic E-state index is 9.04. The monoisotopic (exact) mass is 162 g/mol. The summed E-state index contributed by atoms with van der Waals surface area (Å²) in [6.45, 7) is 3.29. The van der Waals surface area contributed by atoms with Gasteiger partial charge in [-0.25, -0.2) is 0 Å². The van der Waals surface area contributed by atoms with Gasteiger partial charge < -0.3 is 9.84 Å². The summed E-state index contributed by atoms with van der Waals surface area (Å²) in [6, 6.07) is 1.29. The molecule has 0 heterocycles. The molecule has 10 heavy (non-hydrogen) atoms. The molecule has 1 unspecified atom stereocenters. The number of aliphatic hydroxyl groups is 1. The van der Waals surface area contributed by atoms with Crippen LogP contribution in [0.4, 0.5) is 0 Å². The van der Waals surface area contributed by atoms with Gasteiger partial charge in [-0.1, -0.05) is 13.0 Å². The third kappa shape index (κ3) is 6.26. The SMILES string of the molecule is CCC(O)COCCC[SiH3]. The molecule has 0 saturated carbocycles. The van der Waals surface area contributed by atoms with Crippen LogP contribution in [0.3, 0.4) is 0 Å². The van der Waals surface area contributed by atoms with Crippen molar-refractivity contribution in [3.8, 4) is 0 Å². The summed E-state index contributed by atoms with van der Waals surface area (Å²) in [5, 5.41) is 9.04. The average Bonchev–Trinajstić information content (AvgIpc) is 1.98. The summed E-state index contributed by atoms with van der Waals surface area (Å²) in [6.07, 6.45) is 1.69. The van der Waals surface area contributed by atoms with Crippen molar-refractivity contribution in [1.82, 2.24) is 0 Å². The van der Waals surface area contributed by atoms with Crippen LogP contribution in [0, 0.1) is 0 Å². The van der Waals surface area contributed by atoms with Gasteiger partial charge in [-0.3, -0.25) is 0 Å². The fraction of sp³-hybridized carbons (Fsp3) is 1.00. The van der Waals surface area contributed by atoms with Crippen molar-refractivity contribution in [3.63, 3.8) is 0 Å². The number of hydrogen-bond donors (Lipinski definition) is 1. The van der Waals surface area contributed by atoms with Gasteiger partial charge in [0.05, 0.1) is 12.7 Å². The van der Waals surface area contributed by atoms with E-state index in [9.17, 15) is 0 Å². The molecule has 0 amide bonds. The Morgan fingerprint density at radius 2 is 2.30 bits per heavy atom. The van der Waals surface area contributed by atoms with Crippen molar-refractivity contribution in [2.75, 3.05) is 13.2 Å². The predicted octanol–water partition coefficient (Wildman–Crippen LogP) is -0.0523. The molecule has 0 aromatic carbocycles. The van der Waals surface area contributed by atoms with Crippen LogP contribution < -0.4 is 0 Å². The first-order valence-corrected chi connectivity index (χ1v) is 5.48. The van der Waals surface area contributed by atoms with Gasteiger partial charge in [-0.05, 0) is 12.8 Å². The van der Waals surface area contributed by atoms with Crippen LogP contribution in [0.2, 0.25) is 6.04 Å². The van der Waals surface area contributed by atoms with E-state index in [1.54, 1.807) is 0 Å². The van der Waals surface area contributed by atoms with Crippen LogP contribution in [0.25, 0.3) is 0 Å². The van der Waals surface area contributed by atoms with E-state index in [1.165, 1.54) is 16.3 Å². The van der Waals surface area contributed by atoms with Gasteiger partial charge in [-0.2, -0.15) is 0 Å². The lowest BCUT2D eigenvalue weighted by atomic mass is 10.3.